The van der Waals surface area contributed by atoms with E-state index >= 15 is 0 Å². The summed E-state index contributed by atoms with van der Waals surface area (Å²) in [6.07, 6.45) is 4.47. The van der Waals surface area contributed by atoms with Crippen LogP contribution in [-0.2, 0) is 11.2 Å². The number of hydrogen-bond donors (Lipinski definition) is 2. The van der Waals surface area contributed by atoms with Gasteiger partial charge in [0.2, 0.25) is 5.91 Å². The van der Waals surface area contributed by atoms with Crippen LogP contribution in [0.5, 0.6) is 0 Å². The number of hydrogen-bond acceptors (Lipinski definition) is 2. The van der Waals surface area contributed by atoms with Crippen molar-refractivity contribution in [2.24, 2.45) is 23.5 Å². The molecule has 1 aromatic carbocycles. The molecule has 3 N–H and O–H groups in total. The fraction of sp³-hybridized carbons (Fsp3) is 0.588. The van der Waals surface area contributed by atoms with Crippen LogP contribution in [0.4, 0.5) is 0 Å². The molecule has 3 nitrogen and oxygen atoms in total. The second kappa shape index (κ2) is 5.57. The zero-order valence-corrected chi connectivity index (χ0v) is 12.1. The smallest absolute Gasteiger partial charge is 0.224 e. The van der Waals surface area contributed by atoms with Gasteiger partial charge in [0.15, 0.2) is 0 Å². The summed E-state index contributed by atoms with van der Waals surface area (Å²) in [5.41, 5.74) is 8.75. The van der Waals surface area contributed by atoms with Crippen LogP contribution in [0.25, 0.3) is 0 Å². The Balaban J connectivity index is 1.50. The molecule has 0 aliphatic heterocycles. The van der Waals surface area contributed by atoms with Crippen molar-refractivity contribution in [3.05, 3.63) is 35.4 Å². The Bertz CT molecular complexity index is 498. The molecule has 2 saturated carbocycles. The molecule has 2 aliphatic rings. The van der Waals surface area contributed by atoms with E-state index in [0.29, 0.717) is 18.4 Å². The molecule has 1 aromatic rings. The van der Waals surface area contributed by atoms with E-state index in [1.165, 1.54) is 24.0 Å². The van der Waals surface area contributed by atoms with Gasteiger partial charge in [-0.3, -0.25) is 4.79 Å². The van der Waals surface area contributed by atoms with E-state index in [1.807, 2.05) is 0 Å². The van der Waals surface area contributed by atoms with Gasteiger partial charge in [0.1, 0.15) is 0 Å². The number of aryl methyl sites for hydroxylation is 1. The van der Waals surface area contributed by atoms with Gasteiger partial charge in [-0.15, -0.1) is 0 Å². The van der Waals surface area contributed by atoms with Gasteiger partial charge >= 0.3 is 0 Å². The van der Waals surface area contributed by atoms with E-state index in [4.69, 9.17) is 5.73 Å². The normalized spacial score (nSPS) is 31.5. The minimum absolute atomic E-state index is 0.0614. The molecule has 20 heavy (non-hydrogen) atoms. The predicted molar refractivity (Wildman–Crippen MR) is 80.2 cm³/mol. The highest BCUT2D eigenvalue weighted by molar-refractivity contribution is 5.80. The van der Waals surface area contributed by atoms with Crippen molar-refractivity contribution >= 4 is 5.91 Å². The second-order valence-corrected chi connectivity index (χ2v) is 6.47. The van der Waals surface area contributed by atoms with Crippen molar-refractivity contribution in [1.82, 2.24) is 5.32 Å². The summed E-state index contributed by atoms with van der Waals surface area (Å²) in [6.45, 7) is 2.80. The lowest BCUT2D eigenvalue weighted by Crippen LogP contribution is -2.45. The monoisotopic (exact) mass is 272 g/mol. The number of nitrogens with two attached hydrogens (primary N) is 1. The SMILES string of the molecule is Cc1cccc(CCNC(=O)C2C3CCC(C3)C2N)c1. The quantitative estimate of drug-likeness (QED) is 0.881. The van der Waals surface area contributed by atoms with Crippen LogP contribution in [0.2, 0.25) is 0 Å². The number of fused-ring (bicyclic) bond motifs is 2. The summed E-state index contributed by atoms with van der Waals surface area (Å²) >= 11 is 0. The average molecular weight is 272 g/mol. The van der Waals surface area contributed by atoms with E-state index in [2.05, 4.69) is 36.5 Å². The van der Waals surface area contributed by atoms with E-state index in [0.717, 1.165) is 12.8 Å². The number of nitrogens with one attached hydrogen (secondary N) is 1. The number of carbonyl (C=O) groups excluding carboxylic acids is 1. The van der Waals surface area contributed by atoms with Gasteiger partial charge < -0.3 is 11.1 Å². The molecule has 3 rings (SSSR count). The van der Waals surface area contributed by atoms with Crippen LogP contribution in [0.1, 0.15) is 30.4 Å². The first kappa shape index (κ1) is 13.6. The highest BCUT2D eigenvalue weighted by Crippen LogP contribution is 2.47. The first-order chi connectivity index (χ1) is 9.65. The maximum absolute atomic E-state index is 12.3. The third kappa shape index (κ3) is 2.59. The summed E-state index contributed by atoms with van der Waals surface area (Å²) in [4.78, 5) is 12.3. The number of benzene rings is 1. The Kier molecular flexibility index (Phi) is 3.79. The van der Waals surface area contributed by atoms with Crippen molar-refractivity contribution in [3.63, 3.8) is 0 Å². The van der Waals surface area contributed by atoms with Crippen molar-refractivity contribution in [3.8, 4) is 0 Å². The van der Waals surface area contributed by atoms with Crippen LogP contribution in [0, 0.1) is 24.7 Å². The largest absolute Gasteiger partial charge is 0.355 e. The molecule has 2 aliphatic carbocycles. The zero-order valence-electron chi connectivity index (χ0n) is 12.1. The van der Waals surface area contributed by atoms with Gasteiger partial charge in [-0.1, -0.05) is 29.8 Å². The molecular formula is C17H24N2O. The summed E-state index contributed by atoms with van der Waals surface area (Å²) < 4.78 is 0. The van der Waals surface area contributed by atoms with Gasteiger partial charge in [-0.25, -0.2) is 0 Å². The van der Waals surface area contributed by atoms with Crippen LogP contribution < -0.4 is 11.1 Å². The average Bonchev–Trinajstić information content (AvgIpc) is 2.99. The standard InChI is InChI=1S/C17H24N2O/c1-11-3-2-4-12(9-11)7-8-19-17(20)15-13-5-6-14(10-13)16(15)18/h2-4,9,13-16H,5-8,10,18H2,1H3,(H,19,20). The van der Waals surface area contributed by atoms with Gasteiger partial charge in [-0.05, 0) is 50.0 Å². The number of carbonyl (C=O) groups is 1. The van der Waals surface area contributed by atoms with Crippen molar-refractivity contribution in [2.45, 2.75) is 38.6 Å². The van der Waals surface area contributed by atoms with Crippen LogP contribution in [-0.4, -0.2) is 18.5 Å². The third-order valence-electron chi connectivity index (χ3n) is 5.08. The van der Waals surface area contributed by atoms with Crippen molar-refractivity contribution in [2.75, 3.05) is 6.54 Å². The van der Waals surface area contributed by atoms with Gasteiger partial charge in [-0.2, -0.15) is 0 Å². The molecule has 0 aromatic heterocycles. The molecule has 1 amide bonds. The molecule has 108 valence electrons. The van der Waals surface area contributed by atoms with E-state index in [9.17, 15) is 4.79 Å². The van der Waals surface area contributed by atoms with Gasteiger partial charge in [0.05, 0.1) is 5.92 Å². The Morgan fingerprint density at radius 1 is 1.35 bits per heavy atom. The number of amides is 1. The molecular weight excluding hydrogens is 248 g/mol. The minimum atomic E-state index is 0.0614. The van der Waals surface area contributed by atoms with E-state index < -0.39 is 0 Å². The van der Waals surface area contributed by atoms with Crippen LogP contribution in [0.15, 0.2) is 24.3 Å². The summed E-state index contributed by atoms with van der Waals surface area (Å²) in [5.74, 6) is 1.37. The highest BCUT2D eigenvalue weighted by atomic mass is 16.1. The molecule has 4 unspecified atom stereocenters. The van der Waals surface area contributed by atoms with Crippen molar-refractivity contribution in [1.29, 1.82) is 0 Å². The lowest BCUT2D eigenvalue weighted by Gasteiger charge is -2.27. The van der Waals surface area contributed by atoms with E-state index in [-0.39, 0.29) is 17.9 Å². The molecule has 2 fully saturated rings. The van der Waals surface area contributed by atoms with Gasteiger partial charge in [0, 0.05) is 12.6 Å². The van der Waals surface area contributed by atoms with Crippen LogP contribution >= 0.6 is 0 Å². The predicted octanol–water partition coefficient (Wildman–Crippen LogP) is 2.03. The lowest BCUT2D eigenvalue weighted by atomic mass is 9.84. The minimum Gasteiger partial charge on any atom is -0.355 e. The molecule has 4 atom stereocenters. The molecule has 0 radical (unpaired) electrons. The maximum Gasteiger partial charge on any atom is 0.224 e. The Labute approximate surface area is 120 Å². The summed E-state index contributed by atoms with van der Waals surface area (Å²) in [5, 5.41) is 3.09. The lowest BCUT2D eigenvalue weighted by molar-refractivity contribution is -0.127. The highest BCUT2D eigenvalue weighted by Gasteiger charge is 2.48. The fourth-order valence-corrected chi connectivity index (χ4v) is 4.04. The Morgan fingerprint density at radius 2 is 2.15 bits per heavy atom. The zero-order chi connectivity index (χ0) is 14.1. The first-order valence-corrected chi connectivity index (χ1v) is 7.74. The topological polar surface area (TPSA) is 55.1 Å². The van der Waals surface area contributed by atoms with Gasteiger partial charge in [0.25, 0.3) is 0 Å². The first-order valence-electron chi connectivity index (χ1n) is 7.74. The summed E-state index contributed by atoms with van der Waals surface area (Å²) in [7, 11) is 0. The molecule has 2 bridgehead atoms. The molecule has 3 heteroatoms. The van der Waals surface area contributed by atoms with E-state index in [1.54, 1.807) is 0 Å². The fourth-order valence-electron chi connectivity index (χ4n) is 4.04. The Morgan fingerprint density at radius 3 is 2.85 bits per heavy atom. The second-order valence-electron chi connectivity index (χ2n) is 6.47. The molecule has 0 heterocycles. The third-order valence-corrected chi connectivity index (χ3v) is 5.08. The Hall–Kier alpha value is -1.35. The molecule has 0 saturated heterocycles. The summed E-state index contributed by atoms with van der Waals surface area (Å²) in [6, 6.07) is 8.54. The molecule has 0 spiro atoms. The number of rotatable bonds is 4. The maximum atomic E-state index is 12.3. The van der Waals surface area contributed by atoms with Crippen LogP contribution in [0.3, 0.4) is 0 Å². The van der Waals surface area contributed by atoms with Crippen molar-refractivity contribution < 1.29 is 4.79 Å².